The highest BCUT2D eigenvalue weighted by molar-refractivity contribution is 7.13. The van der Waals surface area contributed by atoms with E-state index < -0.39 is 12.1 Å². The molecule has 0 saturated heterocycles. The number of ether oxygens (including phenoxy) is 1. The Morgan fingerprint density at radius 1 is 1.00 bits per heavy atom. The molecule has 1 amide bonds. The smallest absolute Gasteiger partial charge is 0.280 e. The fourth-order valence-electron chi connectivity index (χ4n) is 4.22. The largest absolute Gasteiger partial charge is 0.484 e. The Balaban J connectivity index is 1.45. The van der Waals surface area contributed by atoms with E-state index in [0.29, 0.717) is 16.3 Å². The van der Waals surface area contributed by atoms with Gasteiger partial charge in [0.2, 0.25) is 0 Å². The summed E-state index contributed by atoms with van der Waals surface area (Å²) in [7, 11) is 0. The highest BCUT2D eigenvalue weighted by Gasteiger charge is 2.26. The van der Waals surface area contributed by atoms with E-state index in [1.165, 1.54) is 35.6 Å². The molecular weight excluding hydrogens is 494 g/mol. The first-order valence-electron chi connectivity index (χ1n) is 11.7. The Hall–Kier alpha value is -4.11. The van der Waals surface area contributed by atoms with E-state index in [1.54, 1.807) is 35.3 Å². The Morgan fingerprint density at radius 2 is 1.76 bits per heavy atom. The Bertz CT molecular complexity index is 1580. The van der Waals surface area contributed by atoms with E-state index in [9.17, 15) is 13.6 Å². The van der Waals surface area contributed by atoms with Gasteiger partial charge < -0.3 is 10.1 Å². The molecule has 0 aliphatic heterocycles. The third-order valence-corrected chi connectivity index (χ3v) is 6.95. The molecule has 3 aromatic carbocycles. The lowest BCUT2D eigenvalue weighted by atomic mass is 9.98. The van der Waals surface area contributed by atoms with Crippen LogP contribution in [-0.4, -0.2) is 26.7 Å². The minimum atomic E-state index is -0.602. The number of aromatic nitrogens is 3. The van der Waals surface area contributed by atoms with Crippen LogP contribution in [0.4, 0.5) is 8.78 Å². The Morgan fingerprint density at radius 3 is 2.46 bits per heavy atom. The molecule has 9 heteroatoms. The van der Waals surface area contributed by atoms with Crippen molar-refractivity contribution in [1.29, 1.82) is 0 Å². The number of carbonyl (C=O) groups excluding carboxylic acids is 1. The number of aryl methyl sites for hydroxylation is 2. The maximum absolute atomic E-state index is 13.9. The van der Waals surface area contributed by atoms with Gasteiger partial charge in [-0.25, -0.2) is 18.4 Å². The summed E-state index contributed by atoms with van der Waals surface area (Å²) in [6, 6.07) is 15.7. The van der Waals surface area contributed by atoms with Crippen molar-refractivity contribution < 1.29 is 18.3 Å². The van der Waals surface area contributed by atoms with Gasteiger partial charge in [-0.05, 0) is 86.5 Å². The average molecular weight is 519 g/mol. The van der Waals surface area contributed by atoms with Crippen LogP contribution in [0.25, 0.3) is 16.6 Å². The third-order valence-electron chi connectivity index (χ3n) is 6.04. The molecule has 0 spiro atoms. The first-order valence-corrected chi connectivity index (χ1v) is 12.5. The van der Waals surface area contributed by atoms with Gasteiger partial charge in [0.05, 0.1) is 23.4 Å². The SMILES string of the molecule is Cc1cnc(C(=O)N[C@@H](C)[C@@H](Oc2ccc3c(cnn3-c3ccc(F)cc3)c2)c2ccc(F)cc2C)s1. The van der Waals surface area contributed by atoms with Gasteiger partial charge >= 0.3 is 0 Å². The maximum Gasteiger partial charge on any atom is 0.280 e. The molecular formula is C28H24F2N4O2S. The number of hydrogen-bond acceptors (Lipinski definition) is 5. The lowest BCUT2D eigenvalue weighted by Crippen LogP contribution is -2.39. The number of nitrogens with zero attached hydrogens (tertiary/aromatic N) is 3. The van der Waals surface area contributed by atoms with Gasteiger partial charge in [-0.3, -0.25) is 4.79 Å². The number of amides is 1. The summed E-state index contributed by atoms with van der Waals surface area (Å²) in [5.74, 6) is -0.394. The Kier molecular flexibility index (Phi) is 6.71. The monoisotopic (exact) mass is 518 g/mol. The number of rotatable bonds is 7. The van der Waals surface area contributed by atoms with Crippen LogP contribution in [0.5, 0.6) is 5.75 Å². The van der Waals surface area contributed by atoms with Crippen LogP contribution < -0.4 is 10.1 Å². The van der Waals surface area contributed by atoms with E-state index in [4.69, 9.17) is 4.74 Å². The van der Waals surface area contributed by atoms with Crippen molar-refractivity contribution in [3.8, 4) is 11.4 Å². The van der Waals surface area contributed by atoms with Crippen molar-refractivity contribution in [1.82, 2.24) is 20.1 Å². The van der Waals surface area contributed by atoms with Crippen molar-refractivity contribution in [3.63, 3.8) is 0 Å². The highest BCUT2D eigenvalue weighted by Crippen LogP contribution is 2.31. The van der Waals surface area contributed by atoms with Crippen molar-refractivity contribution in [2.24, 2.45) is 0 Å². The summed E-state index contributed by atoms with van der Waals surface area (Å²) in [5.41, 5.74) is 3.03. The van der Waals surface area contributed by atoms with Crippen molar-refractivity contribution >= 4 is 28.1 Å². The van der Waals surface area contributed by atoms with Crippen LogP contribution in [-0.2, 0) is 0 Å². The summed E-state index contributed by atoms with van der Waals surface area (Å²) in [5, 5.41) is 8.62. The van der Waals surface area contributed by atoms with Crippen LogP contribution in [0.2, 0.25) is 0 Å². The van der Waals surface area contributed by atoms with E-state index >= 15 is 0 Å². The minimum absolute atomic E-state index is 0.296. The number of fused-ring (bicyclic) bond motifs is 1. The molecule has 5 rings (SSSR count). The van der Waals surface area contributed by atoms with Crippen molar-refractivity contribution in [3.05, 3.63) is 106 Å². The number of benzene rings is 3. The summed E-state index contributed by atoms with van der Waals surface area (Å²) in [6.45, 7) is 5.54. The number of nitrogens with one attached hydrogen (secondary N) is 1. The van der Waals surface area contributed by atoms with Crippen LogP contribution in [0.15, 0.2) is 73.1 Å². The number of carbonyl (C=O) groups is 1. The maximum atomic E-state index is 13.9. The molecule has 0 aliphatic carbocycles. The fraction of sp³-hybridized carbons (Fsp3) is 0.179. The van der Waals surface area contributed by atoms with Crippen LogP contribution >= 0.6 is 11.3 Å². The second kappa shape index (κ2) is 10.1. The molecule has 0 fully saturated rings. The molecule has 0 bridgehead atoms. The zero-order valence-corrected chi connectivity index (χ0v) is 21.2. The molecule has 2 aromatic heterocycles. The minimum Gasteiger partial charge on any atom is -0.484 e. The zero-order chi connectivity index (χ0) is 26.1. The molecule has 5 aromatic rings. The number of thiazole rings is 1. The van der Waals surface area contributed by atoms with E-state index in [0.717, 1.165) is 27.0 Å². The molecule has 37 heavy (non-hydrogen) atoms. The molecule has 6 nitrogen and oxygen atoms in total. The molecule has 1 N–H and O–H groups in total. The van der Waals surface area contributed by atoms with Gasteiger partial charge in [-0.2, -0.15) is 5.10 Å². The molecule has 0 aliphatic rings. The van der Waals surface area contributed by atoms with Crippen LogP contribution in [0.1, 0.15) is 38.8 Å². The third kappa shape index (κ3) is 5.22. The molecule has 0 unspecified atom stereocenters. The quantitative estimate of drug-likeness (QED) is 0.274. The van der Waals surface area contributed by atoms with Crippen molar-refractivity contribution in [2.45, 2.75) is 32.9 Å². The van der Waals surface area contributed by atoms with E-state index in [1.807, 2.05) is 39.0 Å². The van der Waals surface area contributed by atoms with Crippen LogP contribution in [0, 0.1) is 25.5 Å². The first-order chi connectivity index (χ1) is 17.8. The van der Waals surface area contributed by atoms with Gasteiger partial charge in [0, 0.05) is 16.5 Å². The molecule has 2 atom stereocenters. The molecule has 0 radical (unpaired) electrons. The van der Waals surface area contributed by atoms with E-state index in [2.05, 4.69) is 15.4 Å². The van der Waals surface area contributed by atoms with Gasteiger partial charge in [-0.15, -0.1) is 11.3 Å². The Labute approximate surface area is 216 Å². The zero-order valence-electron chi connectivity index (χ0n) is 20.4. The van der Waals surface area contributed by atoms with Crippen LogP contribution in [0.3, 0.4) is 0 Å². The summed E-state index contributed by atoms with van der Waals surface area (Å²) >= 11 is 1.31. The van der Waals surface area contributed by atoms with Crippen molar-refractivity contribution in [2.75, 3.05) is 0 Å². The summed E-state index contributed by atoms with van der Waals surface area (Å²) in [4.78, 5) is 17.9. The second-order valence-electron chi connectivity index (χ2n) is 8.83. The fourth-order valence-corrected chi connectivity index (χ4v) is 4.88. The lowest BCUT2D eigenvalue weighted by molar-refractivity contribution is 0.0881. The number of hydrogen-bond donors (Lipinski definition) is 1. The second-order valence-corrected chi connectivity index (χ2v) is 10.1. The average Bonchev–Trinajstić information content (AvgIpc) is 3.49. The van der Waals surface area contributed by atoms with Gasteiger partial charge in [0.1, 0.15) is 23.5 Å². The summed E-state index contributed by atoms with van der Waals surface area (Å²) in [6.07, 6.45) is 2.76. The standard InChI is InChI=1S/C28H24F2N4O2S/c1-16-12-21(30)6-10-24(16)26(18(3)33-27(35)28-31-14-17(2)37-28)36-23-9-11-25-19(13-23)15-32-34(25)22-7-4-20(29)5-8-22/h4-15,18,26H,1-3H3,(H,33,35)/t18-,26+/m0/s1. The van der Waals surface area contributed by atoms with Gasteiger partial charge in [0.25, 0.3) is 5.91 Å². The summed E-state index contributed by atoms with van der Waals surface area (Å²) < 4.78 is 35.4. The normalized spacial score (nSPS) is 12.9. The lowest BCUT2D eigenvalue weighted by Gasteiger charge is -2.27. The first kappa shape index (κ1) is 24.6. The molecule has 0 saturated carbocycles. The highest BCUT2D eigenvalue weighted by atomic mass is 32.1. The predicted octanol–water partition coefficient (Wildman–Crippen LogP) is 6.32. The molecule has 2 heterocycles. The predicted molar refractivity (Wildman–Crippen MR) is 139 cm³/mol. The number of halogens is 2. The van der Waals surface area contributed by atoms with Gasteiger partial charge in [-0.1, -0.05) is 6.07 Å². The molecule has 188 valence electrons. The topological polar surface area (TPSA) is 69.0 Å². The van der Waals surface area contributed by atoms with Gasteiger partial charge in [0.15, 0.2) is 5.01 Å². The van der Waals surface area contributed by atoms with E-state index in [-0.39, 0.29) is 17.5 Å².